The van der Waals surface area contributed by atoms with Crippen molar-refractivity contribution in [2.75, 3.05) is 32.0 Å². The molecule has 3 atom stereocenters. The first kappa shape index (κ1) is 30.1. The summed E-state index contributed by atoms with van der Waals surface area (Å²) in [6.45, 7) is 2.15. The van der Waals surface area contributed by atoms with E-state index in [2.05, 4.69) is 38.1 Å². The van der Waals surface area contributed by atoms with Gasteiger partial charge in [0.1, 0.15) is 11.9 Å². The second-order valence-electron chi connectivity index (χ2n) is 7.68. The van der Waals surface area contributed by atoms with Gasteiger partial charge in [0.05, 0.1) is 17.8 Å². The molecule has 0 saturated carbocycles. The van der Waals surface area contributed by atoms with E-state index in [1.807, 2.05) is 55.6 Å². The molecular formula is C24H35N5O2S3. The summed E-state index contributed by atoms with van der Waals surface area (Å²) in [5.41, 5.74) is 2.96. The zero-order valence-corrected chi connectivity index (χ0v) is 22.2. The monoisotopic (exact) mass is 521 g/mol. The first-order valence-electron chi connectivity index (χ1n) is 10.7. The Morgan fingerprint density at radius 2 is 1.76 bits per heavy atom. The van der Waals surface area contributed by atoms with Crippen LogP contribution in [-0.2, 0) is 0 Å². The smallest absolute Gasteiger partial charge is 0.223 e. The number of aromatic nitrogens is 2. The van der Waals surface area contributed by atoms with E-state index in [0.29, 0.717) is 19.0 Å². The molecule has 3 aromatic rings. The van der Waals surface area contributed by atoms with Crippen LogP contribution in [0.25, 0.3) is 11.3 Å². The second-order valence-corrected chi connectivity index (χ2v) is 7.68. The molecule has 2 heterocycles. The minimum atomic E-state index is -0.441. The van der Waals surface area contributed by atoms with Crippen molar-refractivity contribution in [3.8, 4) is 17.0 Å². The zero-order chi connectivity index (χ0) is 21.5. The van der Waals surface area contributed by atoms with Crippen molar-refractivity contribution in [1.82, 2.24) is 20.6 Å². The molecule has 4 N–H and O–H groups in total. The molecule has 7 nitrogen and oxygen atoms in total. The maximum Gasteiger partial charge on any atom is 0.223 e. The number of β-amino-alcohol motifs (C(OH)–C–C–N with tert-alkyl or cyclic N) is 1. The molecule has 0 bridgehead atoms. The standard InChI is InChI=1S/C24H29N5O2.3H2S/c1-25-13-12-23(18-5-3-2-4-6-18)31-19-9-7-17(8-10-19)20-11-14-27-24(28-20)29-21-15-26-16-22(21)30;;;/h2-11,14,21-23,25-26,30H,12-13,15-16H2,1H3,(H,27,28,29);3*1H2/t21-,22-,23-;;;/m0.../s1. The van der Waals surface area contributed by atoms with Crippen LogP contribution in [0, 0.1) is 0 Å². The fourth-order valence-electron chi connectivity index (χ4n) is 3.67. The third-order valence-electron chi connectivity index (χ3n) is 5.41. The van der Waals surface area contributed by atoms with Gasteiger partial charge in [-0.25, -0.2) is 9.97 Å². The molecule has 186 valence electrons. The van der Waals surface area contributed by atoms with Crippen LogP contribution in [0.3, 0.4) is 0 Å². The highest BCUT2D eigenvalue weighted by atomic mass is 32.1. The van der Waals surface area contributed by atoms with Gasteiger partial charge in [0, 0.05) is 31.3 Å². The summed E-state index contributed by atoms with van der Waals surface area (Å²) in [7, 11) is 1.95. The molecular weight excluding hydrogens is 486 g/mol. The molecule has 1 aliphatic heterocycles. The highest BCUT2D eigenvalue weighted by Crippen LogP contribution is 2.27. The molecule has 4 rings (SSSR count). The van der Waals surface area contributed by atoms with Gasteiger partial charge < -0.3 is 25.8 Å². The number of rotatable bonds is 9. The average molecular weight is 522 g/mol. The molecule has 0 radical (unpaired) electrons. The fraction of sp³-hybridized carbons (Fsp3) is 0.333. The van der Waals surface area contributed by atoms with Gasteiger partial charge >= 0.3 is 0 Å². The van der Waals surface area contributed by atoms with Gasteiger partial charge in [-0.2, -0.15) is 40.5 Å². The topological polar surface area (TPSA) is 91.3 Å². The predicted octanol–water partition coefficient (Wildman–Crippen LogP) is 2.96. The molecule has 0 aliphatic carbocycles. The van der Waals surface area contributed by atoms with E-state index >= 15 is 0 Å². The minimum absolute atomic E-state index is 0. The highest BCUT2D eigenvalue weighted by Gasteiger charge is 2.25. The van der Waals surface area contributed by atoms with Crippen LogP contribution < -0.4 is 20.7 Å². The van der Waals surface area contributed by atoms with Crippen molar-refractivity contribution in [3.05, 3.63) is 72.4 Å². The van der Waals surface area contributed by atoms with Crippen LogP contribution in [-0.4, -0.2) is 53.9 Å². The fourth-order valence-corrected chi connectivity index (χ4v) is 3.67. The quantitative estimate of drug-likeness (QED) is 0.344. The molecule has 2 aromatic carbocycles. The molecule has 34 heavy (non-hydrogen) atoms. The van der Waals surface area contributed by atoms with E-state index in [-0.39, 0.29) is 52.6 Å². The van der Waals surface area contributed by atoms with Crippen LogP contribution in [0.5, 0.6) is 5.75 Å². The average Bonchev–Trinajstić information content (AvgIpc) is 3.22. The van der Waals surface area contributed by atoms with Crippen LogP contribution in [0.1, 0.15) is 18.1 Å². The Balaban J connectivity index is 0.00000193. The number of nitrogens with one attached hydrogen (secondary N) is 3. The number of aliphatic hydroxyl groups excluding tert-OH is 1. The number of benzene rings is 2. The van der Waals surface area contributed by atoms with Crippen LogP contribution in [0.15, 0.2) is 66.9 Å². The van der Waals surface area contributed by atoms with E-state index < -0.39 is 6.10 Å². The second kappa shape index (κ2) is 15.1. The van der Waals surface area contributed by atoms with E-state index in [1.165, 1.54) is 0 Å². The van der Waals surface area contributed by atoms with Crippen molar-refractivity contribution in [2.24, 2.45) is 0 Å². The molecule has 1 saturated heterocycles. The van der Waals surface area contributed by atoms with Gasteiger partial charge in [-0.3, -0.25) is 0 Å². The van der Waals surface area contributed by atoms with Crippen molar-refractivity contribution >= 4 is 46.4 Å². The Labute approximate surface area is 222 Å². The number of hydrogen-bond acceptors (Lipinski definition) is 7. The van der Waals surface area contributed by atoms with Crippen molar-refractivity contribution in [3.63, 3.8) is 0 Å². The summed E-state index contributed by atoms with van der Waals surface area (Å²) < 4.78 is 6.30. The van der Waals surface area contributed by atoms with E-state index in [4.69, 9.17) is 4.74 Å². The molecule has 0 spiro atoms. The molecule has 0 amide bonds. The summed E-state index contributed by atoms with van der Waals surface area (Å²) in [5, 5.41) is 19.5. The van der Waals surface area contributed by atoms with E-state index in [0.717, 1.165) is 35.5 Å². The van der Waals surface area contributed by atoms with Crippen LogP contribution >= 0.6 is 40.5 Å². The lowest BCUT2D eigenvalue weighted by atomic mass is 10.1. The molecule has 1 aromatic heterocycles. The Bertz CT molecular complexity index is 966. The molecule has 1 fully saturated rings. The largest absolute Gasteiger partial charge is 0.486 e. The third kappa shape index (κ3) is 8.07. The number of aliphatic hydroxyl groups is 1. The number of ether oxygens (including phenoxy) is 1. The van der Waals surface area contributed by atoms with Gasteiger partial charge in [-0.1, -0.05) is 30.3 Å². The lowest BCUT2D eigenvalue weighted by Gasteiger charge is -2.20. The van der Waals surface area contributed by atoms with Crippen molar-refractivity contribution in [2.45, 2.75) is 24.7 Å². The predicted molar refractivity (Wildman–Crippen MR) is 153 cm³/mol. The first-order chi connectivity index (χ1) is 15.2. The van der Waals surface area contributed by atoms with Gasteiger partial charge in [0.2, 0.25) is 5.95 Å². The van der Waals surface area contributed by atoms with Gasteiger partial charge in [-0.05, 0) is 49.5 Å². The Morgan fingerprint density at radius 1 is 1.03 bits per heavy atom. The maximum atomic E-state index is 9.98. The van der Waals surface area contributed by atoms with E-state index in [1.54, 1.807) is 6.20 Å². The summed E-state index contributed by atoms with van der Waals surface area (Å²) in [6.07, 6.45) is 2.16. The first-order valence-corrected chi connectivity index (χ1v) is 10.7. The minimum Gasteiger partial charge on any atom is -0.486 e. The summed E-state index contributed by atoms with van der Waals surface area (Å²) in [4.78, 5) is 8.90. The summed E-state index contributed by atoms with van der Waals surface area (Å²) in [6, 6.07) is 20.0. The molecule has 0 unspecified atom stereocenters. The lowest BCUT2D eigenvalue weighted by Crippen LogP contribution is -2.32. The Morgan fingerprint density at radius 3 is 2.41 bits per heavy atom. The third-order valence-corrected chi connectivity index (χ3v) is 5.41. The number of nitrogens with zero attached hydrogens (tertiary/aromatic N) is 2. The van der Waals surface area contributed by atoms with E-state index in [9.17, 15) is 5.11 Å². The maximum absolute atomic E-state index is 9.98. The molecule has 1 aliphatic rings. The van der Waals surface area contributed by atoms with Gasteiger partial charge in [-0.15, -0.1) is 0 Å². The summed E-state index contributed by atoms with van der Waals surface area (Å²) in [5.74, 6) is 1.34. The Kier molecular flexibility index (Phi) is 13.4. The van der Waals surface area contributed by atoms with Crippen molar-refractivity contribution < 1.29 is 9.84 Å². The summed E-state index contributed by atoms with van der Waals surface area (Å²) >= 11 is 0. The van der Waals surface area contributed by atoms with Crippen LogP contribution in [0.4, 0.5) is 5.95 Å². The zero-order valence-electron chi connectivity index (χ0n) is 19.2. The Hall–Kier alpha value is -1.95. The van der Waals surface area contributed by atoms with Gasteiger partial charge in [0.15, 0.2) is 0 Å². The van der Waals surface area contributed by atoms with Crippen molar-refractivity contribution in [1.29, 1.82) is 0 Å². The van der Waals surface area contributed by atoms with Gasteiger partial charge in [0.25, 0.3) is 0 Å². The highest BCUT2D eigenvalue weighted by molar-refractivity contribution is 7.59. The SMILES string of the molecule is CNCC[C@H](Oc1ccc(-c2ccnc(N[C@H]3CNC[C@@H]3O)n2)cc1)c1ccccc1.S.S.S. The van der Waals surface area contributed by atoms with Crippen LogP contribution in [0.2, 0.25) is 0 Å². The molecule has 10 heteroatoms. The number of hydrogen-bond donors (Lipinski definition) is 4. The number of anilines is 1. The lowest BCUT2D eigenvalue weighted by molar-refractivity contribution is 0.185. The normalized spacial score (nSPS) is 17.5.